The fraction of sp³-hybridized carbons (Fsp3) is 0.692. The Balaban J connectivity index is 1.86. The highest BCUT2D eigenvalue weighted by Gasteiger charge is 2.34. The minimum Gasteiger partial charge on any atom is -0.470 e. The summed E-state index contributed by atoms with van der Waals surface area (Å²) in [5.74, 6) is 0.584. The van der Waals surface area contributed by atoms with Crippen LogP contribution in [0.4, 0.5) is 4.79 Å². The largest absolute Gasteiger partial charge is 0.470 e. The van der Waals surface area contributed by atoms with Crippen molar-refractivity contribution in [2.45, 2.75) is 57.9 Å². The highest BCUT2D eigenvalue weighted by Crippen LogP contribution is 2.24. The van der Waals surface area contributed by atoms with Crippen LogP contribution >= 0.6 is 0 Å². The molecule has 0 spiro atoms. The molecular weight excluding hydrogens is 232 g/mol. The van der Waals surface area contributed by atoms with E-state index in [1.54, 1.807) is 0 Å². The van der Waals surface area contributed by atoms with Crippen molar-refractivity contribution in [3.8, 4) is 0 Å². The summed E-state index contributed by atoms with van der Waals surface area (Å²) >= 11 is 0. The Morgan fingerprint density at radius 1 is 1.61 bits per heavy atom. The van der Waals surface area contributed by atoms with E-state index in [9.17, 15) is 4.79 Å². The van der Waals surface area contributed by atoms with Crippen LogP contribution in [0.2, 0.25) is 0 Å². The van der Waals surface area contributed by atoms with Gasteiger partial charge in [-0.3, -0.25) is 0 Å². The van der Waals surface area contributed by atoms with E-state index in [-0.39, 0.29) is 18.2 Å². The zero-order valence-corrected chi connectivity index (χ0v) is 11.3. The second kappa shape index (κ2) is 4.63. The molecule has 3 atom stereocenters. The summed E-state index contributed by atoms with van der Waals surface area (Å²) in [5.41, 5.74) is -0.499. The van der Waals surface area contributed by atoms with Crippen LogP contribution < -0.4 is 5.32 Å². The zero-order valence-electron chi connectivity index (χ0n) is 11.3. The molecule has 1 amide bonds. The molecule has 1 N–H and O–H groups in total. The zero-order chi connectivity index (χ0) is 13.3. The molecule has 0 radical (unpaired) electrons. The van der Waals surface area contributed by atoms with E-state index in [0.29, 0.717) is 5.90 Å². The molecule has 100 valence electrons. The molecule has 0 fully saturated rings. The molecule has 1 heterocycles. The van der Waals surface area contributed by atoms with Gasteiger partial charge in [-0.1, -0.05) is 6.08 Å². The SMILES string of the molecule is C[C@H](NC(=O)OC(C)(C)C)C1=N[C@H]2CC=C[C@H]2O1. The van der Waals surface area contributed by atoms with E-state index in [2.05, 4.69) is 16.4 Å². The van der Waals surface area contributed by atoms with Crippen LogP contribution in [0.25, 0.3) is 0 Å². The van der Waals surface area contributed by atoms with Crippen molar-refractivity contribution in [3.05, 3.63) is 12.2 Å². The first-order chi connectivity index (χ1) is 8.35. The number of hydrogen-bond donors (Lipinski definition) is 1. The van der Waals surface area contributed by atoms with Gasteiger partial charge in [0.25, 0.3) is 0 Å². The quantitative estimate of drug-likeness (QED) is 0.765. The Bertz CT molecular complexity index is 396. The van der Waals surface area contributed by atoms with Crippen molar-refractivity contribution in [3.63, 3.8) is 0 Å². The van der Waals surface area contributed by atoms with Crippen LogP contribution in [-0.4, -0.2) is 35.8 Å². The van der Waals surface area contributed by atoms with Crippen molar-refractivity contribution in [2.24, 2.45) is 4.99 Å². The van der Waals surface area contributed by atoms with Crippen LogP contribution in [0, 0.1) is 0 Å². The van der Waals surface area contributed by atoms with E-state index in [1.165, 1.54) is 0 Å². The van der Waals surface area contributed by atoms with Crippen molar-refractivity contribution < 1.29 is 14.3 Å². The number of fused-ring (bicyclic) bond motifs is 1. The predicted molar refractivity (Wildman–Crippen MR) is 68.7 cm³/mol. The monoisotopic (exact) mass is 252 g/mol. The van der Waals surface area contributed by atoms with Gasteiger partial charge >= 0.3 is 6.09 Å². The number of alkyl carbamates (subject to hydrolysis) is 1. The first kappa shape index (κ1) is 12.9. The Kier molecular flexibility index (Phi) is 3.32. The van der Waals surface area contributed by atoms with Gasteiger partial charge in [0.15, 0.2) is 0 Å². The lowest BCUT2D eigenvalue weighted by Crippen LogP contribution is -2.42. The summed E-state index contributed by atoms with van der Waals surface area (Å²) < 4.78 is 10.9. The molecule has 0 aromatic carbocycles. The third-order valence-electron chi connectivity index (χ3n) is 2.74. The second-order valence-electron chi connectivity index (χ2n) is 5.65. The van der Waals surface area contributed by atoms with E-state index >= 15 is 0 Å². The van der Waals surface area contributed by atoms with Gasteiger partial charge in [-0.25, -0.2) is 9.79 Å². The molecule has 2 aliphatic rings. The molecule has 0 unspecified atom stereocenters. The van der Waals surface area contributed by atoms with Gasteiger partial charge in [-0.15, -0.1) is 0 Å². The fourth-order valence-corrected chi connectivity index (χ4v) is 1.95. The lowest BCUT2D eigenvalue weighted by atomic mass is 10.2. The molecule has 5 heteroatoms. The maximum Gasteiger partial charge on any atom is 0.408 e. The maximum absolute atomic E-state index is 11.6. The molecule has 1 aliphatic heterocycles. The molecule has 0 saturated heterocycles. The predicted octanol–water partition coefficient (Wildman–Crippen LogP) is 2.03. The van der Waals surface area contributed by atoms with Crippen LogP contribution in [0.1, 0.15) is 34.1 Å². The van der Waals surface area contributed by atoms with E-state index in [0.717, 1.165) is 6.42 Å². The molecule has 1 aliphatic carbocycles. The van der Waals surface area contributed by atoms with Crippen molar-refractivity contribution in [1.29, 1.82) is 0 Å². The summed E-state index contributed by atoms with van der Waals surface area (Å²) in [5, 5.41) is 2.73. The Morgan fingerprint density at radius 3 is 2.94 bits per heavy atom. The van der Waals surface area contributed by atoms with Gasteiger partial charge in [0.1, 0.15) is 17.7 Å². The molecule has 0 aromatic rings. The summed E-state index contributed by atoms with van der Waals surface area (Å²) in [6.07, 6.45) is 4.59. The lowest BCUT2D eigenvalue weighted by Gasteiger charge is -2.22. The molecule has 5 nitrogen and oxygen atoms in total. The number of carbonyl (C=O) groups excluding carboxylic acids is 1. The standard InChI is InChI=1S/C13H20N2O3/c1-8(14-12(16)18-13(2,3)4)11-15-9-6-5-7-10(9)17-11/h5,7-10H,6H2,1-4H3,(H,14,16)/t8-,9-,10+/m0/s1. The molecule has 18 heavy (non-hydrogen) atoms. The third-order valence-corrected chi connectivity index (χ3v) is 2.74. The number of carbonyl (C=O) groups is 1. The van der Waals surface area contributed by atoms with Crippen LogP contribution in [0.5, 0.6) is 0 Å². The summed E-state index contributed by atoms with van der Waals surface area (Å²) in [4.78, 5) is 16.1. The van der Waals surface area contributed by atoms with Crippen LogP contribution in [-0.2, 0) is 9.47 Å². The van der Waals surface area contributed by atoms with Crippen molar-refractivity contribution in [2.75, 3.05) is 0 Å². The van der Waals surface area contributed by atoms with Gasteiger partial charge in [-0.2, -0.15) is 0 Å². The number of rotatable bonds is 2. The number of aliphatic imine (C=N–C) groups is 1. The number of nitrogens with zero attached hydrogens (tertiary/aromatic N) is 1. The van der Waals surface area contributed by atoms with Gasteiger partial charge in [0.2, 0.25) is 5.90 Å². The topological polar surface area (TPSA) is 59.9 Å². The average Bonchev–Trinajstić information content (AvgIpc) is 2.71. The number of hydrogen-bond acceptors (Lipinski definition) is 4. The molecule has 0 aromatic heterocycles. The van der Waals surface area contributed by atoms with Gasteiger partial charge in [-0.05, 0) is 40.2 Å². The number of ether oxygens (including phenoxy) is 2. The number of nitrogens with one attached hydrogen (secondary N) is 1. The highest BCUT2D eigenvalue weighted by molar-refractivity contribution is 5.87. The highest BCUT2D eigenvalue weighted by atomic mass is 16.6. The normalized spacial score (nSPS) is 27.2. The van der Waals surface area contributed by atoms with Crippen LogP contribution in [0.15, 0.2) is 17.1 Å². The second-order valence-corrected chi connectivity index (χ2v) is 5.65. The minimum atomic E-state index is -0.499. The number of amides is 1. The minimum absolute atomic E-state index is 0.0443. The summed E-state index contributed by atoms with van der Waals surface area (Å²) in [6.45, 7) is 7.33. The van der Waals surface area contributed by atoms with Gasteiger partial charge in [0, 0.05) is 0 Å². The Morgan fingerprint density at radius 2 is 2.33 bits per heavy atom. The van der Waals surface area contributed by atoms with E-state index in [4.69, 9.17) is 9.47 Å². The molecular formula is C13H20N2O3. The van der Waals surface area contributed by atoms with E-state index < -0.39 is 11.7 Å². The van der Waals surface area contributed by atoms with Crippen molar-refractivity contribution >= 4 is 12.0 Å². The first-order valence-corrected chi connectivity index (χ1v) is 6.26. The average molecular weight is 252 g/mol. The van der Waals surface area contributed by atoms with Crippen molar-refractivity contribution in [1.82, 2.24) is 5.32 Å². The van der Waals surface area contributed by atoms with Gasteiger partial charge < -0.3 is 14.8 Å². The fourth-order valence-electron chi connectivity index (χ4n) is 1.95. The Hall–Kier alpha value is -1.52. The maximum atomic E-state index is 11.6. The van der Waals surface area contributed by atoms with Crippen LogP contribution in [0.3, 0.4) is 0 Å². The summed E-state index contributed by atoms with van der Waals surface area (Å²) in [6, 6.07) is -0.0817. The van der Waals surface area contributed by atoms with Gasteiger partial charge in [0.05, 0.1) is 6.04 Å². The lowest BCUT2D eigenvalue weighted by molar-refractivity contribution is 0.0516. The molecule has 0 bridgehead atoms. The Labute approximate surface area is 107 Å². The molecule has 2 rings (SSSR count). The smallest absolute Gasteiger partial charge is 0.408 e. The van der Waals surface area contributed by atoms with E-state index in [1.807, 2.05) is 33.8 Å². The summed E-state index contributed by atoms with van der Waals surface area (Å²) in [7, 11) is 0. The first-order valence-electron chi connectivity index (χ1n) is 6.26. The molecule has 0 saturated carbocycles. The third kappa shape index (κ3) is 3.03.